The molecular formula is C21H25N5O3. The predicted molar refractivity (Wildman–Crippen MR) is 112 cm³/mol. The Balaban J connectivity index is 1.89. The highest BCUT2D eigenvalue weighted by Gasteiger charge is 2.21. The highest BCUT2D eigenvalue weighted by atomic mass is 16.5. The third-order valence-corrected chi connectivity index (χ3v) is 5.48. The monoisotopic (exact) mass is 395 g/mol. The number of imidazole rings is 2. The van der Waals surface area contributed by atoms with Crippen molar-refractivity contribution in [2.24, 2.45) is 7.05 Å². The van der Waals surface area contributed by atoms with E-state index in [0.717, 1.165) is 12.2 Å². The lowest BCUT2D eigenvalue weighted by Crippen LogP contribution is -2.40. The van der Waals surface area contributed by atoms with Crippen LogP contribution in [0.5, 0.6) is 0 Å². The molecule has 0 amide bonds. The van der Waals surface area contributed by atoms with E-state index < -0.39 is 0 Å². The molecule has 0 bridgehead atoms. The van der Waals surface area contributed by atoms with Crippen LogP contribution in [0, 0.1) is 6.92 Å². The highest BCUT2D eigenvalue weighted by Crippen LogP contribution is 2.22. The maximum Gasteiger partial charge on any atom is 0.332 e. The average Bonchev–Trinajstić information content (AvgIpc) is 3.23. The van der Waals surface area contributed by atoms with Crippen molar-refractivity contribution < 1.29 is 4.74 Å². The van der Waals surface area contributed by atoms with Crippen LogP contribution >= 0.6 is 0 Å². The molecule has 152 valence electrons. The summed E-state index contributed by atoms with van der Waals surface area (Å²) in [5.74, 6) is 0.935. The van der Waals surface area contributed by atoms with Crippen molar-refractivity contribution in [2.45, 2.75) is 32.9 Å². The van der Waals surface area contributed by atoms with E-state index in [0.29, 0.717) is 16.9 Å². The first kappa shape index (κ1) is 19.2. The molecule has 1 aromatic carbocycles. The molecule has 4 aromatic rings. The standard InChI is InChI=1S/C21H25N5O3/c1-14(16-8-6-5-7-9-16)12-25-15(2)13-26-17-18(22-20(25)26)23(3)21(28)24(19(17)27)10-11-29-4/h5-9,13-14H,10-12H2,1-4H3. The van der Waals surface area contributed by atoms with Crippen LogP contribution in [-0.2, 0) is 24.9 Å². The minimum absolute atomic E-state index is 0.204. The topological polar surface area (TPSA) is 75.5 Å². The smallest absolute Gasteiger partial charge is 0.332 e. The summed E-state index contributed by atoms with van der Waals surface area (Å²) in [5.41, 5.74) is 2.32. The Hall–Kier alpha value is -3.13. The fraction of sp³-hybridized carbons (Fsp3) is 0.381. The van der Waals surface area contributed by atoms with Crippen LogP contribution in [0.2, 0.25) is 0 Å². The third kappa shape index (κ3) is 3.09. The molecule has 0 spiro atoms. The van der Waals surface area contributed by atoms with Crippen molar-refractivity contribution in [1.82, 2.24) is 23.1 Å². The number of benzene rings is 1. The average molecular weight is 395 g/mol. The summed E-state index contributed by atoms with van der Waals surface area (Å²) in [6.07, 6.45) is 1.91. The lowest BCUT2D eigenvalue weighted by molar-refractivity contribution is 0.184. The van der Waals surface area contributed by atoms with Gasteiger partial charge in [-0.1, -0.05) is 37.3 Å². The number of aryl methyl sites for hydroxylation is 2. The molecular weight excluding hydrogens is 370 g/mol. The van der Waals surface area contributed by atoms with E-state index in [1.807, 2.05) is 31.3 Å². The SMILES string of the molecule is COCCn1c(=O)c2c(nc3n(CC(C)c4ccccc4)c(C)cn23)n(C)c1=O. The van der Waals surface area contributed by atoms with Gasteiger partial charge in [-0.15, -0.1) is 0 Å². The molecule has 3 aromatic heterocycles. The van der Waals surface area contributed by atoms with Crippen molar-refractivity contribution in [1.29, 1.82) is 0 Å². The lowest BCUT2D eigenvalue weighted by Gasteiger charge is -2.14. The van der Waals surface area contributed by atoms with Crippen molar-refractivity contribution in [3.05, 3.63) is 68.6 Å². The van der Waals surface area contributed by atoms with Gasteiger partial charge in [0, 0.05) is 32.6 Å². The number of rotatable bonds is 6. The van der Waals surface area contributed by atoms with E-state index in [4.69, 9.17) is 4.74 Å². The van der Waals surface area contributed by atoms with Gasteiger partial charge in [0.05, 0.1) is 13.2 Å². The largest absolute Gasteiger partial charge is 0.383 e. The van der Waals surface area contributed by atoms with Crippen molar-refractivity contribution in [3.8, 4) is 0 Å². The van der Waals surface area contributed by atoms with E-state index in [9.17, 15) is 9.59 Å². The molecule has 0 saturated carbocycles. The fourth-order valence-corrected chi connectivity index (χ4v) is 3.82. The third-order valence-electron chi connectivity index (χ3n) is 5.48. The Bertz CT molecular complexity index is 1290. The lowest BCUT2D eigenvalue weighted by atomic mass is 10.0. The Kier molecular flexibility index (Phi) is 4.87. The molecule has 1 atom stereocenters. The van der Waals surface area contributed by atoms with Crippen molar-refractivity contribution in [3.63, 3.8) is 0 Å². The summed E-state index contributed by atoms with van der Waals surface area (Å²) in [4.78, 5) is 30.4. The Morgan fingerprint density at radius 3 is 2.55 bits per heavy atom. The van der Waals surface area contributed by atoms with Crippen LogP contribution in [-0.4, -0.2) is 36.8 Å². The molecule has 0 aliphatic heterocycles. The van der Waals surface area contributed by atoms with E-state index in [1.165, 1.54) is 14.7 Å². The van der Waals surface area contributed by atoms with E-state index in [2.05, 4.69) is 28.6 Å². The fourth-order valence-electron chi connectivity index (χ4n) is 3.82. The summed E-state index contributed by atoms with van der Waals surface area (Å²) < 4.78 is 11.6. The number of fused-ring (bicyclic) bond motifs is 3. The summed E-state index contributed by atoms with van der Waals surface area (Å²) in [6, 6.07) is 10.3. The van der Waals surface area contributed by atoms with Gasteiger partial charge in [0.25, 0.3) is 5.56 Å². The quantitative estimate of drug-likeness (QED) is 0.500. The number of methoxy groups -OCH3 is 1. The first-order chi connectivity index (χ1) is 13.9. The zero-order chi connectivity index (χ0) is 20.7. The van der Waals surface area contributed by atoms with Crippen LogP contribution in [0.25, 0.3) is 16.9 Å². The summed E-state index contributed by atoms with van der Waals surface area (Å²) in [5, 5.41) is 0. The van der Waals surface area contributed by atoms with Gasteiger partial charge < -0.3 is 9.30 Å². The van der Waals surface area contributed by atoms with Gasteiger partial charge in [-0.3, -0.25) is 18.3 Å². The van der Waals surface area contributed by atoms with Crippen LogP contribution in [0.4, 0.5) is 0 Å². The van der Waals surface area contributed by atoms with Gasteiger partial charge in [0.15, 0.2) is 11.2 Å². The number of nitrogens with zero attached hydrogens (tertiary/aromatic N) is 5. The van der Waals surface area contributed by atoms with Gasteiger partial charge in [0.1, 0.15) is 0 Å². The zero-order valence-corrected chi connectivity index (χ0v) is 17.1. The first-order valence-corrected chi connectivity index (χ1v) is 9.65. The molecule has 0 saturated heterocycles. The minimum atomic E-state index is -0.388. The maximum absolute atomic E-state index is 13.1. The minimum Gasteiger partial charge on any atom is -0.383 e. The Morgan fingerprint density at radius 2 is 1.86 bits per heavy atom. The molecule has 29 heavy (non-hydrogen) atoms. The normalized spacial score (nSPS) is 12.8. The van der Waals surface area contributed by atoms with Crippen molar-refractivity contribution >= 4 is 16.9 Å². The van der Waals surface area contributed by atoms with Gasteiger partial charge >= 0.3 is 5.69 Å². The van der Waals surface area contributed by atoms with Crippen LogP contribution in [0.3, 0.4) is 0 Å². The molecule has 0 aliphatic carbocycles. The van der Waals surface area contributed by atoms with Gasteiger partial charge in [-0.05, 0) is 18.4 Å². The van der Waals surface area contributed by atoms with E-state index >= 15 is 0 Å². The number of hydrogen-bond donors (Lipinski definition) is 0. The number of ether oxygens (including phenoxy) is 1. The zero-order valence-electron chi connectivity index (χ0n) is 17.1. The molecule has 8 nitrogen and oxygen atoms in total. The summed E-state index contributed by atoms with van der Waals surface area (Å²) in [6.45, 7) is 5.39. The molecule has 1 unspecified atom stereocenters. The van der Waals surface area contributed by atoms with Crippen LogP contribution in [0.1, 0.15) is 24.1 Å². The molecule has 0 fully saturated rings. The predicted octanol–water partition coefficient (Wildman–Crippen LogP) is 1.91. The van der Waals surface area contributed by atoms with Crippen LogP contribution < -0.4 is 11.2 Å². The maximum atomic E-state index is 13.1. The Morgan fingerprint density at radius 1 is 1.14 bits per heavy atom. The summed E-state index contributed by atoms with van der Waals surface area (Å²) >= 11 is 0. The molecule has 0 N–H and O–H groups in total. The number of aromatic nitrogens is 5. The highest BCUT2D eigenvalue weighted by molar-refractivity contribution is 5.75. The summed E-state index contributed by atoms with van der Waals surface area (Å²) in [7, 11) is 3.19. The Labute approximate surface area is 167 Å². The van der Waals surface area contributed by atoms with Gasteiger partial charge in [0.2, 0.25) is 5.78 Å². The van der Waals surface area contributed by atoms with Gasteiger partial charge in [-0.2, -0.15) is 4.98 Å². The van der Waals surface area contributed by atoms with Crippen molar-refractivity contribution in [2.75, 3.05) is 13.7 Å². The van der Waals surface area contributed by atoms with E-state index in [1.54, 1.807) is 18.6 Å². The van der Waals surface area contributed by atoms with E-state index in [-0.39, 0.29) is 30.3 Å². The molecule has 4 rings (SSSR count). The molecule has 3 heterocycles. The second-order valence-corrected chi connectivity index (χ2v) is 7.44. The molecule has 0 aliphatic rings. The first-order valence-electron chi connectivity index (χ1n) is 9.65. The second-order valence-electron chi connectivity index (χ2n) is 7.44. The number of hydrogen-bond acceptors (Lipinski definition) is 4. The molecule has 8 heteroatoms. The van der Waals surface area contributed by atoms with Crippen LogP contribution in [0.15, 0.2) is 46.1 Å². The molecule has 0 radical (unpaired) electrons. The van der Waals surface area contributed by atoms with Gasteiger partial charge in [-0.25, -0.2) is 4.79 Å². The second kappa shape index (κ2) is 7.36.